The first kappa shape index (κ1) is 17.5. The molecular weight excluding hydrogens is 363 g/mol. The average Bonchev–Trinajstić information content (AvgIpc) is 2.79. The van der Waals surface area contributed by atoms with E-state index in [1.807, 2.05) is 0 Å². The summed E-state index contributed by atoms with van der Waals surface area (Å²) in [7, 11) is 0. The van der Waals surface area contributed by atoms with Gasteiger partial charge in [-0.3, -0.25) is 14.5 Å². The highest BCUT2D eigenvalue weighted by Gasteiger charge is 2.50. The van der Waals surface area contributed by atoms with Crippen LogP contribution in [-0.4, -0.2) is 29.2 Å². The van der Waals surface area contributed by atoms with Crippen molar-refractivity contribution in [3.05, 3.63) is 69.7 Å². The molecule has 0 aliphatic carbocycles. The molecule has 0 unspecified atom stereocenters. The van der Waals surface area contributed by atoms with Crippen LogP contribution in [0.2, 0.25) is 10.0 Å². The van der Waals surface area contributed by atoms with Gasteiger partial charge in [-0.15, -0.1) is 0 Å². The van der Waals surface area contributed by atoms with E-state index in [0.29, 0.717) is 16.1 Å². The number of imide groups is 1. The summed E-state index contributed by atoms with van der Waals surface area (Å²) in [4.78, 5) is 38.4. The second-order valence-electron chi connectivity index (χ2n) is 5.86. The molecule has 1 aliphatic heterocycles. The maximum Gasteiger partial charge on any atom is 0.325 e. The van der Waals surface area contributed by atoms with Gasteiger partial charge in [0.15, 0.2) is 5.78 Å². The standard InChI is InChI=1S/C18H14Cl2N2O3/c1-18(13-8-7-12(19)9-14(13)20)16(24)22(17(25)21-18)10-15(23)11-5-3-2-4-6-11/h2-9H,10H2,1H3,(H,21,25)/t18-/m0/s1. The van der Waals surface area contributed by atoms with Gasteiger partial charge in [0.1, 0.15) is 5.54 Å². The summed E-state index contributed by atoms with van der Waals surface area (Å²) < 4.78 is 0. The van der Waals surface area contributed by atoms with Crippen molar-refractivity contribution in [3.8, 4) is 0 Å². The van der Waals surface area contributed by atoms with Crippen LogP contribution in [0, 0.1) is 0 Å². The maximum absolute atomic E-state index is 12.8. The van der Waals surface area contributed by atoms with E-state index >= 15 is 0 Å². The molecule has 128 valence electrons. The summed E-state index contributed by atoms with van der Waals surface area (Å²) in [6.07, 6.45) is 0. The number of hydrogen-bond donors (Lipinski definition) is 1. The molecule has 3 amide bonds. The highest BCUT2D eigenvalue weighted by atomic mass is 35.5. The molecule has 0 aromatic heterocycles. The number of halogens is 2. The summed E-state index contributed by atoms with van der Waals surface area (Å²) in [5.74, 6) is -0.860. The number of ketones is 1. The van der Waals surface area contributed by atoms with Crippen molar-refractivity contribution in [3.63, 3.8) is 0 Å². The van der Waals surface area contributed by atoms with E-state index in [0.717, 1.165) is 4.90 Å². The highest BCUT2D eigenvalue weighted by Crippen LogP contribution is 2.35. The zero-order valence-electron chi connectivity index (χ0n) is 13.3. The first-order chi connectivity index (χ1) is 11.8. The molecule has 1 fully saturated rings. The number of carbonyl (C=O) groups is 3. The van der Waals surface area contributed by atoms with E-state index in [1.54, 1.807) is 49.4 Å². The quantitative estimate of drug-likeness (QED) is 0.654. The average molecular weight is 377 g/mol. The van der Waals surface area contributed by atoms with Crippen LogP contribution in [0.25, 0.3) is 0 Å². The molecule has 1 atom stereocenters. The predicted octanol–water partition coefficient (Wildman–Crippen LogP) is 3.64. The number of hydrogen-bond acceptors (Lipinski definition) is 3. The molecule has 3 rings (SSSR count). The lowest BCUT2D eigenvalue weighted by molar-refractivity contribution is -0.130. The minimum Gasteiger partial charge on any atom is -0.319 e. The minimum atomic E-state index is -1.35. The number of urea groups is 1. The first-order valence-corrected chi connectivity index (χ1v) is 8.26. The van der Waals surface area contributed by atoms with Crippen molar-refractivity contribution in [1.29, 1.82) is 0 Å². The van der Waals surface area contributed by atoms with E-state index < -0.39 is 17.5 Å². The third kappa shape index (κ3) is 3.13. The van der Waals surface area contributed by atoms with Gasteiger partial charge in [-0.1, -0.05) is 59.6 Å². The van der Waals surface area contributed by atoms with E-state index in [4.69, 9.17) is 23.2 Å². The summed E-state index contributed by atoms with van der Waals surface area (Å²) in [5, 5.41) is 3.31. The topological polar surface area (TPSA) is 66.5 Å². The van der Waals surface area contributed by atoms with Crippen LogP contribution in [0.1, 0.15) is 22.8 Å². The number of rotatable bonds is 4. The number of nitrogens with one attached hydrogen (secondary N) is 1. The normalized spacial score (nSPS) is 19.9. The van der Waals surface area contributed by atoms with Gasteiger partial charge >= 0.3 is 6.03 Å². The molecule has 2 aromatic carbocycles. The largest absolute Gasteiger partial charge is 0.325 e. The Bertz CT molecular complexity index is 870. The third-order valence-electron chi connectivity index (χ3n) is 4.14. The molecule has 2 aromatic rings. The smallest absolute Gasteiger partial charge is 0.319 e. The Morgan fingerprint density at radius 2 is 1.80 bits per heavy atom. The van der Waals surface area contributed by atoms with Crippen molar-refractivity contribution in [2.24, 2.45) is 0 Å². The Labute approximate surface area is 154 Å². The van der Waals surface area contributed by atoms with Crippen LogP contribution in [0.15, 0.2) is 48.5 Å². The van der Waals surface area contributed by atoms with Crippen LogP contribution in [0.4, 0.5) is 4.79 Å². The highest BCUT2D eigenvalue weighted by molar-refractivity contribution is 6.35. The molecule has 0 radical (unpaired) electrons. The Morgan fingerprint density at radius 3 is 2.44 bits per heavy atom. The monoisotopic (exact) mass is 376 g/mol. The van der Waals surface area contributed by atoms with Crippen molar-refractivity contribution in [1.82, 2.24) is 10.2 Å². The number of carbonyl (C=O) groups excluding carboxylic acids is 3. The second-order valence-corrected chi connectivity index (χ2v) is 6.70. The van der Waals surface area contributed by atoms with Gasteiger partial charge in [-0.2, -0.15) is 0 Å². The summed E-state index contributed by atoms with van der Waals surface area (Å²) in [6, 6.07) is 12.5. The Morgan fingerprint density at radius 1 is 1.12 bits per heavy atom. The summed E-state index contributed by atoms with van der Waals surface area (Å²) in [6.45, 7) is 1.21. The molecule has 0 spiro atoms. The Hall–Kier alpha value is -2.37. The maximum atomic E-state index is 12.8. The number of amides is 3. The molecule has 1 aliphatic rings. The van der Waals surface area contributed by atoms with Gasteiger partial charge in [-0.05, 0) is 19.1 Å². The molecule has 0 saturated carbocycles. The van der Waals surface area contributed by atoms with E-state index in [-0.39, 0.29) is 17.4 Å². The lowest BCUT2D eigenvalue weighted by Gasteiger charge is -2.23. The minimum absolute atomic E-state index is 0.264. The van der Waals surface area contributed by atoms with Gasteiger partial charge in [0, 0.05) is 21.2 Å². The Kier molecular flexibility index (Phi) is 4.54. The molecular formula is C18H14Cl2N2O3. The van der Waals surface area contributed by atoms with Gasteiger partial charge in [0.05, 0.1) is 6.54 Å². The van der Waals surface area contributed by atoms with Gasteiger partial charge < -0.3 is 5.32 Å². The summed E-state index contributed by atoms with van der Waals surface area (Å²) in [5.41, 5.74) is -0.497. The van der Waals surface area contributed by atoms with Crippen LogP contribution in [0.5, 0.6) is 0 Å². The molecule has 7 heteroatoms. The third-order valence-corrected chi connectivity index (χ3v) is 4.69. The van der Waals surface area contributed by atoms with Crippen molar-refractivity contribution in [2.75, 3.05) is 6.54 Å². The molecule has 1 heterocycles. The van der Waals surface area contributed by atoms with Crippen molar-refractivity contribution in [2.45, 2.75) is 12.5 Å². The number of benzene rings is 2. The van der Waals surface area contributed by atoms with Gasteiger partial charge in [0.25, 0.3) is 5.91 Å². The fourth-order valence-electron chi connectivity index (χ4n) is 2.78. The predicted molar refractivity (Wildman–Crippen MR) is 94.8 cm³/mol. The second kappa shape index (κ2) is 6.50. The molecule has 25 heavy (non-hydrogen) atoms. The van der Waals surface area contributed by atoms with Crippen LogP contribution in [-0.2, 0) is 10.3 Å². The van der Waals surface area contributed by atoms with Gasteiger partial charge in [-0.25, -0.2) is 4.79 Å². The lowest BCUT2D eigenvalue weighted by atomic mass is 9.92. The zero-order valence-corrected chi connectivity index (χ0v) is 14.8. The number of nitrogens with zero attached hydrogens (tertiary/aromatic N) is 1. The van der Waals surface area contributed by atoms with Gasteiger partial charge in [0.2, 0.25) is 0 Å². The summed E-state index contributed by atoms with van der Waals surface area (Å²) >= 11 is 12.1. The van der Waals surface area contributed by atoms with Crippen molar-refractivity contribution < 1.29 is 14.4 Å². The fraction of sp³-hybridized carbons (Fsp3) is 0.167. The van der Waals surface area contributed by atoms with E-state index in [9.17, 15) is 14.4 Å². The number of Topliss-reactive ketones (excluding diaryl/α,β-unsaturated/α-hetero) is 1. The van der Waals surface area contributed by atoms with Crippen LogP contribution < -0.4 is 5.32 Å². The molecule has 1 N–H and O–H groups in total. The molecule has 0 bridgehead atoms. The lowest BCUT2D eigenvalue weighted by Crippen LogP contribution is -2.41. The van der Waals surface area contributed by atoms with Crippen LogP contribution in [0.3, 0.4) is 0 Å². The molecule has 5 nitrogen and oxygen atoms in total. The van der Waals surface area contributed by atoms with Crippen molar-refractivity contribution >= 4 is 40.9 Å². The first-order valence-electron chi connectivity index (χ1n) is 7.51. The van der Waals surface area contributed by atoms with E-state index in [1.165, 1.54) is 6.07 Å². The SMILES string of the molecule is C[C@@]1(c2ccc(Cl)cc2Cl)NC(=O)N(CC(=O)c2ccccc2)C1=O. The van der Waals surface area contributed by atoms with E-state index in [2.05, 4.69) is 5.32 Å². The fourth-order valence-corrected chi connectivity index (χ4v) is 3.37. The molecule has 1 saturated heterocycles. The Balaban J connectivity index is 1.88. The van der Waals surface area contributed by atoms with Crippen LogP contribution >= 0.6 is 23.2 Å². The zero-order chi connectivity index (χ0) is 18.2.